The largest absolute Gasteiger partial charge is 0.380 e. The highest BCUT2D eigenvalue weighted by Crippen LogP contribution is 2.09. The first-order chi connectivity index (χ1) is 8.90. The van der Waals surface area contributed by atoms with Crippen molar-refractivity contribution in [2.24, 2.45) is 17.6 Å². The molecule has 1 amide bonds. The van der Waals surface area contributed by atoms with Gasteiger partial charge in [-0.2, -0.15) is 0 Å². The van der Waals surface area contributed by atoms with Crippen LogP contribution in [0.25, 0.3) is 0 Å². The second kappa shape index (κ2) is 12.4. The molecule has 0 rings (SSSR count). The second-order valence-electron chi connectivity index (χ2n) is 6.04. The molecule has 0 aromatic carbocycles. The Balaban J connectivity index is 0. The van der Waals surface area contributed by atoms with E-state index in [9.17, 15) is 4.79 Å². The Labute approximate surface area is 130 Å². The van der Waals surface area contributed by atoms with Gasteiger partial charge < -0.3 is 15.4 Å². The third-order valence-electron chi connectivity index (χ3n) is 3.30. The number of carbonyl (C=O) groups is 1. The predicted octanol–water partition coefficient (Wildman–Crippen LogP) is 2.69. The molecule has 122 valence electrons. The second-order valence-corrected chi connectivity index (χ2v) is 6.04. The number of carbonyl (C=O) groups excluding carboxylic acids is 1. The van der Waals surface area contributed by atoms with Gasteiger partial charge in [0.25, 0.3) is 0 Å². The SMILES string of the molecule is COC(CN)CC(=O)N(CCC(C)C)CCC(C)C.Cl. The van der Waals surface area contributed by atoms with E-state index < -0.39 is 0 Å². The molecule has 1 unspecified atom stereocenters. The predicted molar refractivity (Wildman–Crippen MR) is 87.2 cm³/mol. The number of amides is 1. The molecule has 1 atom stereocenters. The van der Waals surface area contributed by atoms with Crippen LogP contribution in [0, 0.1) is 11.8 Å². The summed E-state index contributed by atoms with van der Waals surface area (Å²) in [4.78, 5) is 14.3. The molecule has 0 aromatic heterocycles. The van der Waals surface area contributed by atoms with Crippen LogP contribution >= 0.6 is 12.4 Å². The van der Waals surface area contributed by atoms with E-state index in [4.69, 9.17) is 10.5 Å². The van der Waals surface area contributed by atoms with Crippen LogP contribution in [0.2, 0.25) is 0 Å². The van der Waals surface area contributed by atoms with Crippen LogP contribution < -0.4 is 5.73 Å². The maximum atomic E-state index is 12.3. The molecule has 0 fully saturated rings. The fraction of sp³-hybridized carbons (Fsp3) is 0.933. The van der Waals surface area contributed by atoms with E-state index in [1.165, 1.54) is 0 Å². The Bertz CT molecular complexity index is 232. The molecule has 20 heavy (non-hydrogen) atoms. The van der Waals surface area contributed by atoms with Crippen LogP contribution in [0.5, 0.6) is 0 Å². The Morgan fingerprint density at radius 2 is 1.55 bits per heavy atom. The summed E-state index contributed by atoms with van der Waals surface area (Å²) in [6.45, 7) is 10.8. The van der Waals surface area contributed by atoms with Crippen molar-refractivity contribution in [2.75, 3.05) is 26.7 Å². The molecule has 2 N–H and O–H groups in total. The number of hydrogen-bond donors (Lipinski definition) is 1. The number of nitrogens with two attached hydrogens (primary N) is 1. The zero-order valence-electron chi connectivity index (χ0n) is 13.7. The van der Waals surface area contributed by atoms with Crippen molar-refractivity contribution < 1.29 is 9.53 Å². The average Bonchev–Trinajstić information content (AvgIpc) is 2.34. The highest BCUT2D eigenvalue weighted by atomic mass is 35.5. The smallest absolute Gasteiger partial charge is 0.225 e. The number of hydrogen-bond acceptors (Lipinski definition) is 3. The van der Waals surface area contributed by atoms with Crippen molar-refractivity contribution in [1.82, 2.24) is 4.90 Å². The van der Waals surface area contributed by atoms with Crippen molar-refractivity contribution in [3.05, 3.63) is 0 Å². The number of nitrogens with zero attached hydrogens (tertiary/aromatic N) is 1. The summed E-state index contributed by atoms with van der Waals surface area (Å²) in [5.41, 5.74) is 5.58. The van der Waals surface area contributed by atoms with Gasteiger partial charge in [0.15, 0.2) is 0 Å². The van der Waals surface area contributed by atoms with E-state index in [0.29, 0.717) is 24.8 Å². The van der Waals surface area contributed by atoms with E-state index in [-0.39, 0.29) is 24.4 Å². The topological polar surface area (TPSA) is 55.6 Å². The van der Waals surface area contributed by atoms with Crippen LogP contribution in [0.1, 0.15) is 47.0 Å². The number of ether oxygens (including phenoxy) is 1. The molecular weight excluding hydrogens is 276 g/mol. The summed E-state index contributed by atoms with van der Waals surface area (Å²) in [7, 11) is 1.61. The Morgan fingerprint density at radius 1 is 1.10 bits per heavy atom. The molecule has 0 saturated carbocycles. The number of halogens is 1. The van der Waals surface area contributed by atoms with E-state index in [0.717, 1.165) is 25.9 Å². The average molecular weight is 309 g/mol. The third-order valence-corrected chi connectivity index (χ3v) is 3.30. The van der Waals surface area contributed by atoms with E-state index >= 15 is 0 Å². The number of rotatable bonds is 10. The van der Waals surface area contributed by atoms with Gasteiger partial charge in [-0.15, -0.1) is 12.4 Å². The van der Waals surface area contributed by atoms with Crippen molar-refractivity contribution in [2.45, 2.75) is 53.1 Å². The quantitative estimate of drug-likeness (QED) is 0.675. The first kappa shape index (κ1) is 22.0. The van der Waals surface area contributed by atoms with Crippen LogP contribution in [0.4, 0.5) is 0 Å². The summed E-state index contributed by atoms with van der Waals surface area (Å²) in [6.07, 6.45) is 2.32. The van der Waals surface area contributed by atoms with E-state index in [1.807, 2.05) is 4.90 Å². The molecule has 0 aliphatic heterocycles. The van der Waals surface area contributed by atoms with Crippen LogP contribution in [-0.2, 0) is 9.53 Å². The fourth-order valence-electron chi connectivity index (χ4n) is 1.78. The third kappa shape index (κ3) is 10.5. The summed E-state index contributed by atoms with van der Waals surface area (Å²) in [6, 6.07) is 0. The van der Waals surface area contributed by atoms with Gasteiger partial charge in [0.1, 0.15) is 0 Å². The minimum Gasteiger partial charge on any atom is -0.380 e. The molecule has 0 aromatic rings. The fourth-order valence-corrected chi connectivity index (χ4v) is 1.78. The monoisotopic (exact) mass is 308 g/mol. The van der Waals surface area contributed by atoms with Gasteiger partial charge in [0.2, 0.25) is 5.91 Å². The summed E-state index contributed by atoms with van der Waals surface area (Å²) >= 11 is 0. The lowest BCUT2D eigenvalue weighted by Crippen LogP contribution is -2.38. The van der Waals surface area contributed by atoms with Crippen molar-refractivity contribution in [3.8, 4) is 0 Å². The van der Waals surface area contributed by atoms with Crippen molar-refractivity contribution in [3.63, 3.8) is 0 Å². The normalized spacial score (nSPS) is 12.4. The number of methoxy groups -OCH3 is 1. The highest BCUT2D eigenvalue weighted by Gasteiger charge is 2.18. The Morgan fingerprint density at radius 3 is 1.85 bits per heavy atom. The van der Waals surface area contributed by atoms with Gasteiger partial charge in [-0.25, -0.2) is 0 Å². The van der Waals surface area contributed by atoms with Gasteiger partial charge in [-0.1, -0.05) is 27.7 Å². The molecule has 5 heteroatoms. The minimum atomic E-state index is -0.159. The first-order valence-electron chi connectivity index (χ1n) is 7.41. The zero-order chi connectivity index (χ0) is 14.8. The molecule has 0 saturated heterocycles. The molecule has 0 heterocycles. The van der Waals surface area contributed by atoms with E-state index in [1.54, 1.807) is 7.11 Å². The summed E-state index contributed by atoms with van der Waals surface area (Å²) in [5, 5.41) is 0. The minimum absolute atomic E-state index is 0. The van der Waals surface area contributed by atoms with Crippen LogP contribution in [0.3, 0.4) is 0 Å². The Kier molecular flexibility index (Phi) is 13.6. The van der Waals surface area contributed by atoms with E-state index in [2.05, 4.69) is 27.7 Å². The van der Waals surface area contributed by atoms with Crippen molar-refractivity contribution >= 4 is 18.3 Å². The lowest BCUT2D eigenvalue weighted by Gasteiger charge is -2.26. The van der Waals surface area contributed by atoms with Crippen molar-refractivity contribution in [1.29, 1.82) is 0 Å². The summed E-state index contributed by atoms with van der Waals surface area (Å²) < 4.78 is 5.20. The molecule has 0 bridgehead atoms. The van der Waals surface area contributed by atoms with Gasteiger partial charge in [-0.3, -0.25) is 4.79 Å². The summed E-state index contributed by atoms with van der Waals surface area (Å²) in [5.74, 6) is 1.39. The standard InChI is InChI=1S/C15H32N2O2.ClH/c1-12(2)6-8-17(9-7-13(3)4)15(18)10-14(11-16)19-5;/h12-14H,6-11,16H2,1-5H3;1H. The van der Waals surface area contributed by atoms with Gasteiger partial charge >= 0.3 is 0 Å². The maximum Gasteiger partial charge on any atom is 0.225 e. The lowest BCUT2D eigenvalue weighted by molar-refractivity contribution is -0.134. The molecule has 4 nitrogen and oxygen atoms in total. The molecule has 0 aliphatic rings. The molecule has 0 radical (unpaired) electrons. The highest BCUT2D eigenvalue weighted by molar-refractivity contribution is 5.85. The molecule has 0 spiro atoms. The zero-order valence-corrected chi connectivity index (χ0v) is 14.5. The van der Waals surface area contributed by atoms with Crippen LogP contribution in [-0.4, -0.2) is 43.7 Å². The maximum absolute atomic E-state index is 12.3. The van der Waals surface area contributed by atoms with Gasteiger partial charge in [0, 0.05) is 26.7 Å². The lowest BCUT2D eigenvalue weighted by atomic mass is 10.1. The molecular formula is C15H33ClN2O2. The van der Waals surface area contributed by atoms with Gasteiger partial charge in [-0.05, 0) is 24.7 Å². The van der Waals surface area contributed by atoms with Gasteiger partial charge in [0.05, 0.1) is 12.5 Å². The first-order valence-corrected chi connectivity index (χ1v) is 7.41. The Hall–Kier alpha value is -0.320. The molecule has 0 aliphatic carbocycles. The van der Waals surface area contributed by atoms with Crippen LogP contribution in [0.15, 0.2) is 0 Å².